The largest absolute Gasteiger partial charge is 0.481 e. The maximum atomic E-state index is 13.2. The first-order valence-corrected chi connectivity index (χ1v) is 14.6. The van der Waals surface area contributed by atoms with E-state index in [1.165, 1.54) is 31.2 Å². The summed E-state index contributed by atoms with van der Waals surface area (Å²) < 4.78 is 0. The molecule has 0 aliphatic heterocycles. The quantitative estimate of drug-likeness (QED) is 0.0879. The van der Waals surface area contributed by atoms with Crippen molar-refractivity contribution in [1.29, 1.82) is 0 Å². The van der Waals surface area contributed by atoms with Crippen LogP contribution in [0.25, 0.3) is 0 Å². The summed E-state index contributed by atoms with van der Waals surface area (Å²) in [6.07, 6.45) is -0.683. The highest BCUT2D eigenvalue weighted by molar-refractivity contribution is 5.95. The van der Waals surface area contributed by atoms with E-state index in [1.54, 1.807) is 41.5 Å². The van der Waals surface area contributed by atoms with Gasteiger partial charge in [0.05, 0.1) is 17.4 Å². The standard InChI is InChI=1S/C29H45N7O9/c1-15(2)24(35-29(43)25(16(3)4)34-27(41)19(7)32-22(37)12-13-23(38)39)28(42)31-17(5)14-30-18(6)26(40)33-20-8-10-21(11-9-20)36(44)45/h8-11,15-19,24-25,30H,12-14H2,1-7H3,(H,31,42)(H,32,37)(H,33,40)(H,34,41)(H,35,43)(H,38,39)/t17-,18-,19-,24-,25-/m0/s1. The zero-order valence-corrected chi connectivity index (χ0v) is 26.6. The smallest absolute Gasteiger partial charge is 0.303 e. The van der Waals surface area contributed by atoms with Gasteiger partial charge in [0.25, 0.3) is 5.69 Å². The van der Waals surface area contributed by atoms with Crippen LogP contribution in [0.4, 0.5) is 11.4 Å². The number of hydrogen-bond donors (Lipinski definition) is 7. The molecule has 0 radical (unpaired) electrons. The molecule has 0 aromatic heterocycles. The van der Waals surface area contributed by atoms with Crippen molar-refractivity contribution in [2.45, 2.75) is 91.5 Å². The molecular weight excluding hydrogens is 590 g/mol. The van der Waals surface area contributed by atoms with Gasteiger partial charge in [-0.05, 0) is 44.7 Å². The first-order chi connectivity index (χ1) is 20.9. The van der Waals surface area contributed by atoms with Crippen LogP contribution >= 0.6 is 0 Å². The molecule has 1 aromatic rings. The van der Waals surface area contributed by atoms with Crippen LogP contribution in [0.1, 0.15) is 61.3 Å². The predicted octanol–water partition coefficient (Wildman–Crippen LogP) is 0.667. The van der Waals surface area contributed by atoms with E-state index in [4.69, 9.17) is 5.11 Å². The normalized spacial score (nSPS) is 14.3. The van der Waals surface area contributed by atoms with Gasteiger partial charge in [-0.1, -0.05) is 27.7 Å². The highest BCUT2D eigenvalue weighted by atomic mass is 16.6. The maximum Gasteiger partial charge on any atom is 0.303 e. The molecule has 45 heavy (non-hydrogen) atoms. The van der Waals surface area contributed by atoms with Crippen molar-refractivity contribution in [3.63, 3.8) is 0 Å². The van der Waals surface area contributed by atoms with Gasteiger partial charge in [0.1, 0.15) is 18.1 Å². The lowest BCUT2D eigenvalue weighted by atomic mass is 9.99. The third-order valence-electron chi connectivity index (χ3n) is 6.69. The van der Waals surface area contributed by atoms with E-state index in [2.05, 4.69) is 31.9 Å². The number of carbonyl (C=O) groups is 6. The van der Waals surface area contributed by atoms with Crippen molar-refractivity contribution in [2.24, 2.45) is 11.8 Å². The lowest BCUT2D eigenvalue weighted by Crippen LogP contribution is -2.59. The number of nitro groups is 1. The third kappa shape index (κ3) is 13.7. The van der Waals surface area contributed by atoms with E-state index in [1.807, 2.05) is 0 Å². The van der Waals surface area contributed by atoms with Crippen LogP contribution < -0.4 is 31.9 Å². The second-order valence-corrected chi connectivity index (χ2v) is 11.5. The van der Waals surface area contributed by atoms with Crippen LogP contribution in [0.2, 0.25) is 0 Å². The lowest BCUT2D eigenvalue weighted by Gasteiger charge is -2.29. The molecule has 5 atom stereocenters. The Hall–Kier alpha value is -4.60. The Balaban J connectivity index is 2.70. The predicted molar refractivity (Wildman–Crippen MR) is 165 cm³/mol. The Morgan fingerprint density at radius 3 is 1.71 bits per heavy atom. The minimum Gasteiger partial charge on any atom is -0.481 e. The van der Waals surface area contributed by atoms with Crippen LogP contribution in [0.3, 0.4) is 0 Å². The third-order valence-corrected chi connectivity index (χ3v) is 6.69. The topological polar surface area (TPSA) is 238 Å². The van der Waals surface area contributed by atoms with Crippen LogP contribution in [0, 0.1) is 22.0 Å². The van der Waals surface area contributed by atoms with Gasteiger partial charge in [0, 0.05) is 36.8 Å². The molecule has 5 amide bonds. The zero-order valence-electron chi connectivity index (χ0n) is 26.6. The average Bonchev–Trinajstić information content (AvgIpc) is 2.95. The van der Waals surface area contributed by atoms with Crippen LogP contribution in [-0.4, -0.2) is 82.3 Å². The number of amides is 5. The van der Waals surface area contributed by atoms with Crippen molar-refractivity contribution in [3.8, 4) is 0 Å². The number of anilines is 1. The fourth-order valence-electron chi connectivity index (χ4n) is 3.94. The Bertz CT molecular complexity index is 1220. The highest BCUT2D eigenvalue weighted by Crippen LogP contribution is 2.15. The molecule has 0 heterocycles. The van der Waals surface area contributed by atoms with Crippen molar-refractivity contribution in [2.75, 3.05) is 11.9 Å². The summed E-state index contributed by atoms with van der Waals surface area (Å²) >= 11 is 0. The molecule has 0 fully saturated rings. The molecule has 0 unspecified atom stereocenters. The molecule has 0 saturated heterocycles. The van der Waals surface area contributed by atoms with Gasteiger partial charge < -0.3 is 37.0 Å². The number of hydrogen-bond acceptors (Lipinski definition) is 9. The molecule has 0 saturated carbocycles. The monoisotopic (exact) mass is 635 g/mol. The van der Waals surface area contributed by atoms with Gasteiger partial charge in [-0.2, -0.15) is 0 Å². The molecule has 7 N–H and O–H groups in total. The average molecular weight is 636 g/mol. The van der Waals surface area contributed by atoms with Gasteiger partial charge in [-0.25, -0.2) is 0 Å². The minimum atomic E-state index is -1.15. The molecule has 0 spiro atoms. The fraction of sp³-hybridized carbons (Fsp3) is 0.586. The van der Waals surface area contributed by atoms with Gasteiger partial charge in [0.15, 0.2) is 0 Å². The zero-order chi connectivity index (χ0) is 34.4. The molecule has 0 aliphatic carbocycles. The van der Waals surface area contributed by atoms with Crippen LogP contribution in [-0.2, 0) is 28.8 Å². The Kier molecular flexibility index (Phi) is 15.6. The van der Waals surface area contributed by atoms with Gasteiger partial charge in [0.2, 0.25) is 29.5 Å². The number of benzene rings is 1. The molecule has 250 valence electrons. The summed E-state index contributed by atoms with van der Waals surface area (Å²) in [5.74, 6) is -4.56. The van der Waals surface area contributed by atoms with Gasteiger partial charge in [-0.3, -0.25) is 38.9 Å². The molecular formula is C29H45N7O9. The van der Waals surface area contributed by atoms with Crippen molar-refractivity contribution in [3.05, 3.63) is 34.4 Å². The number of nitro benzene ring substituents is 1. The second-order valence-electron chi connectivity index (χ2n) is 11.5. The van der Waals surface area contributed by atoms with E-state index in [9.17, 15) is 38.9 Å². The summed E-state index contributed by atoms with van der Waals surface area (Å²) in [6, 6.07) is 1.27. The molecule has 0 bridgehead atoms. The maximum absolute atomic E-state index is 13.2. The molecule has 0 aliphatic rings. The SMILES string of the molecule is CC(C)[C@H](NC(=O)[C@H](C)NC(=O)CCC(=O)O)C(=O)N[C@H](C(=O)N[C@@H](C)CN[C@@H](C)C(=O)Nc1ccc([N+](=O)[O-])cc1)C(C)C. The van der Waals surface area contributed by atoms with Crippen LogP contribution in [0.15, 0.2) is 24.3 Å². The van der Waals surface area contributed by atoms with Gasteiger partial charge >= 0.3 is 5.97 Å². The van der Waals surface area contributed by atoms with E-state index in [-0.39, 0.29) is 42.8 Å². The number of carbonyl (C=O) groups excluding carboxylic acids is 5. The summed E-state index contributed by atoms with van der Waals surface area (Å²) in [6.45, 7) is 11.9. The van der Waals surface area contributed by atoms with Crippen LogP contribution in [0.5, 0.6) is 0 Å². The second kappa shape index (κ2) is 18.3. The van der Waals surface area contributed by atoms with Gasteiger partial charge in [-0.15, -0.1) is 0 Å². The van der Waals surface area contributed by atoms with E-state index in [0.717, 1.165) is 0 Å². The molecule has 16 heteroatoms. The minimum absolute atomic E-state index is 0.101. The number of nitrogens with zero attached hydrogens (tertiary/aromatic N) is 1. The number of nitrogens with one attached hydrogen (secondary N) is 6. The summed E-state index contributed by atoms with van der Waals surface area (Å²) in [4.78, 5) is 84.3. The molecule has 16 nitrogen and oxygen atoms in total. The van der Waals surface area contributed by atoms with Crippen molar-refractivity contribution < 1.29 is 38.8 Å². The Morgan fingerprint density at radius 2 is 1.22 bits per heavy atom. The lowest BCUT2D eigenvalue weighted by molar-refractivity contribution is -0.384. The first kappa shape index (κ1) is 38.4. The first-order valence-electron chi connectivity index (χ1n) is 14.6. The van der Waals surface area contributed by atoms with E-state index < -0.39 is 64.7 Å². The number of carboxylic acids is 1. The fourth-order valence-corrected chi connectivity index (χ4v) is 3.94. The Morgan fingerprint density at radius 1 is 0.711 bits per heavy atom. The Labute approximate surface area is 262 Å². The highest BCUT2D eigenvalue weighted by Gasteiger charge is 2.32. The molecule has 1 aromatic carbocycles. The van der Waals surface area contributed by atoms with Crippen molar-refractivity contribution in [1.82, 2.24) is 26.6 Å². The van der Waals surface area contributed by atoms with E-state index in [0.29, 0.717) is 5.69 Å². The summed E-state index contributed by atoms with van der Waals surface area (Å²) in [5.41, 5.74) is 0.289. The summed E-state index contributed by atoms with van der Waals surface area (Å²) in [5, 5.41) is 35.7. The van der Waals surface area contributed by atoms with E-state index >= 15 is 0 Å². The molecule has 1 rings (SSSR count). The number of non-ortho nitro benzene ring substituents is 1. The summed E-state index contributed by atoms with van der Waals surface area (Å²) in [7, 11) is 0. The number of aliphatic carboxylic acids is 1. The van der Waals surface area contributed by atoms with Crippen molar-refractivity contribution >= 4 is 46.9 Å². The number of carboxylic acid groups (broad SMARTS) is 1. The number of rotatable bonds is 18.